The Labute approximate surface area is 139 Å². The number of nitrogens with zero attached hydrogens (tertiary/aromatic N) is 1. The van der Waals surface area contributed by atoms with E-state index in [1.54, 1.807) is 29.2 Å². The zero-order chi connectivity index (χ0) is 16.4. The Morgan fingerprint density at radius 1 is 1.13 bits per heavy atom. The minimum absolute atomic E-state index is 0.0233. The van der Waals surface area contributed by atoms with Crippen molar-refractivity contribution in [2.45, 2.75) is 19.0 Å². The number of rotatable bonds is 4. The van der Waals surface area contributed by atoms with E-state index in [0.29, 0.717) is 11.6 Å². The number of carbonyl (C=O) groups is 2. The van der Waals surface area contributed by atoms with Crippen molar-refractivity contribution in [1.82, 2.24) is 4.90 Å². The second-order valence-electron chi connectivity index (χ2n) is 5.65. The van der Waals surface area contributed by atoms with Gasteiger partial charge in [0, 0.05) is 18.0 Å². The van der Waals surface area contributed by atoms with Gasteiger partial charge in [-0.15, -0.1) is 0 Å². The summed E-state index contributed by atoms with van der Waals surface area (Å²) >= 11 is 5.92. The Kier molecular flexibility index (Phi) is 4.35. The van der Waals surface area contributed by atoms with Crippen LogP contribution in [-0.4, -0.2) is 21.9 Å². The van der Waals surface area contributed by atoms with Crippen LogP contribution in [-0.2, 0) is 16.1 Å². The normalized spacial score (nSPS) is 20.7. The van der Waals surface area contributed by atoms with Gasteiger partial charge in [-0.25, -0.2) is 0 Å². The number of hydrogen-bond acceptors (Lipinski definition) is 2. The smallest absolute Gasteiger partial charge is 0.309 e. The Hall–Kier alpha value is -2.33. The summed E-state index contributed by atoms with van der Waals surface area (Å²) in [5, 5.41) is 10.1. The summed E-state index contributed by atoms with van der Waals surface area (Å²) < 4.78 is 0. The molecule has 5 heteroatoms. The summed E-state index contributed by atoms with van der Waals surface area (Å²) in [6.07, 6.45) is 0.0233. The molecule has 1 amide bonds. The summed E-state index contributed by atoms with van der Waals surface area (Å²) in [5.74, 6) is -1.83. The highest BCUT2D eigenvalue weighted by molar-refractivity contribution is 6.30. The first-order chi connectivity index (χ1) is 11.1. The van der Waals surface area contributed by atoms with Crippen LogP contribution in [0.1, 0.15) is 23.6 Å². The lowest BCUT2D eigenvalue weighted by molar-refractivity contribution is -0.142. The van der Waals surface area contributed by atoms with Gasteiger partial charge in [0.05, 0.1) is 12.0 Å². The van der Waals surface area contributed by atoms with Gasteiger partial charge in [0.25, 0.3) is 0 Å². The van der Waals surface area contributed by atoms with Crippen molar-refractivity contribution >= 4 is 23.5 Å². The van der Waals surface area contributed by atoms with Crippen LogP contribution in [0.5, 0.6) is 0 Å². The molecule has 0 radical (unpaired) electrons. The molecule has 1 N–H and O–H groups in total. The number of hydrogen-bond donors (Lipinski definition) is 1. The molecule has 23 heavy (non-hydrogen) atoms. The van der Waals surface area contributed by atoms with Crippen LogP contribution < -0.4 is 0 Å². The second-order valence-corrected chi connectivity index (χ2v) is 6.09. The van der Waals surface area contributed by atoms with E-state index in [1.165, 1.54) is 0 Å². The second kappa shape index (κ2) is 6.42. The molecule has 1 heterocycles. The van der Waals surface area contributed by atoms with Gasteiger partial charge in [-0.2, -0.15) is 0 Å². The molecular weight excluding hydrogens is 314 g/mol. The van der Waals surface area contributed by atoms with Crippen molar-refractivity contribution in [3.63, 3.8) is 0 Å². The van der Waals surface area contributed by atoms with Gasteiger partial charge in [-0.05, 0) is 23.3 Å². The van der Waals surface area contributed by atoms with Crippen LogP contribution in [0.15, 0.2) is 54.6 Å². The van der Waals surface area contributed by atoms with Crippen molar-refractivity contribution < 1.29 is 14.7 Å². The Balaban J connectivity index is 1.96. The number of carbonyl (C=O) groups excluding carboxylic acids is 1. The number of likely N-dealkylation sites (tertiary alicyclic amines) is 1. The van der Waals surface area contributed by atoms with Gasteiger partial charge < -0.3 is 10.0 Å². The van der Waals surface area contributed by atoms with Crippen molar-refractivity contribution in [2.24, 2.45) is 5.92 Å². The van der Waals surface area contributed by atoms with Crippen molar-refractivity contribution in [3.05, 3.63) is 70.7 Å². The van der Waals surface area contributed by atoms with Crippen LogP contribution >= 0.6 is 11.6 Å². The minimum atomic E-state index is -0.950. The molecule has 0 aromatic heterocycles. The van der Waals surface area contributed by atoms with Crippen LogP contribution in [0.3, 0.4) is 0 Å². The topological polar surface area (TPSA) is 57.6 Å². The Morgan fingerprint density at radius 2 is 1.78 bits per heavy atom. The van der Waals surface area contributed by atoms with Crippen LogP contribution in [0.25, 0.3) is 0 Å². The van der Waals surface area contributed by atoms with Crippen LogP contribution in [0.2, 0.25) is 5.02 Å². The van der Waals surface area contributed by atoms with E-state index >= 15 is 0 Å². The van der Waals surface area contributed by atoms with Gasteiger partial charge in [0.1, 0.15) is 0 Å². The molecule has 3 rings (SSSR count). The monoisotopic (exact) mass is 329 g/mol. The lowest BCUT2D eigenvalue weighted by Gasteiger charge is -2.27. The zero-order valence-corrected chi connectivity index (χ0v) is 13.1. The molecule has 2 aromatic rings. The summed E-state index contributed by atoms with van der Waals surface area (Å²) in [6.45, 7) is 0.400. The zero-order valence-electron chi connectivity index (χ0n) is 12.4. The number of amides is 1. The third-order valence-electron chi connectivity index (χ3n) is 4.16. The molecule has 1 saturated heterocycles. The molecule has 1 aliphatic rings. The predicted octanol–water partition coefficient (Wildman–Crippen LogP) is 3.51. The third kappa shape index (κ3) is 3.22. The summed E-state index contributed by atoms with van der Waals surface area (Å²) in [5.41, 5.74) is 1.77. The molecule has 0 bridgehead atoms. The summed E-state index contributed by atoms with van der Waals surface area (Å²) in [6, 6.07) is 16.1. The predicted molar refractivity (Wildman–Crippen MR) is 86.9 cm³/mol. The fourth-order valence-corrected chi connectivity index (χ4v) is 3.18. The molecule has 2 aromatic carbocycles. The average Bonchev–Trinajstić information content (AvgIpc) is 2.86. The van der Waals surface area contributed by atoms with Crippen molar-refractivity contribution in [3.8, 4) is 0 Å². The molecule has 1 aliphatic heterocycles. The number of aliphatic carboxylic acids is 1. The average molecular weight is 330 g/mol. The Bertz CT molecular complexity index is 715. The number of carboxylic acid groups (broad SMARTS) is 1. The molecule has 0 aliphatic carbocycles. The number of halogens is 1. The molecule has 0 unspecified atom stereocenters. The fourth-order valence-electron chi connectivity index (χ4n) is 3.05. The van der Waals surface area contributed by atoms with E-state index < -0.39 is 17.9 Å². The maximum Gasteiger partial charge on any atom is 0.309 e. The Morgan fingerprint density at radius 3 is 2.39 bits per heavy atom. The quantitative estimate of drug-likeness (QED) is 0.933. The first-order valence-electron chi connectivity index (χ1n) is 7.38. The fraction of sp³-hybridized carbons (Fsp3) is 0.222. The number of carboxylic acids is 1. The van der Waals surface area contributed by atoms with E-state index in [1.807, 2.05) is 30.3 Å². The molecule has 0 spiro atoms. The molecule has 118 valence electrons. The van der Waals surface area contributed by atoms with E-state index in [2.05, 4.69) is 0 Å². The summed E-state index contributed by atoms with van der Waals surface area (Å²) in [7, 11) is 0. The molecular formula is C18H16ClNO3. The van der Waals surface area contributed by atoms with Gasteiger partial charge in [0.15, 0.2) is 0 Å². The maximum absolute atomic E-state index is 12.4. The molecule has 4 nitrogen and oxygen atoms in total. The molecule has 0 saturated carbocycles. The first kappa shape index (κ1) is 15.6. The van der Waals surface area contributed by atoms with E-state index in [4.69, 9.17) is 11.6 Å². The maximum atomic E-state index is 12.4. The van der Waals surface area contributed by atoms with E-state index in [0.717, 1.165) is 11.1 Å². The molecule has 2 atom stereocenters. The minimum Gasteiger partial charge on any atom is -0.481 e. The highest BCUT2D eigenvalue weighted by Gasteiger charge is 2.44. The standard InChI is InChI=1S/C18H16ClNO3/c19-14-8-6-13(7-9-14)17-15(18(22)23)10-16(21)20(17)11-12-4-2-1-3-5-12/h1-9,15,17H,10-11H2,(H,22,23)/t15-,17+/m1/s1. The van der Waals surface area contributed by atoms with Gasteiger partial charge in [-0.3, -0.25) is 9.59 Å². The highest BCUT2D eigenvalue weighted by Crippen LogP contribution is 2.39. The van der Waals surface area contributed by atoms with Gasteiger partial charge in [-0.1, -0.05) is 54.1 Å². The van der Waals surface area contributed by atoms with Gasteiger partial charge in [0.2, 0.25) is 5.91 Å². The van der Waals surface area contributed by atoms with E-state index in [9.17, 15) is 14.7 Å². The van der Waals surface area contributed by atoms with E-state index in [-0.39, 0.29) is 12.3 Å². The van der Waals surface area contributed by atoms with Crippen LogP contribution in [0, 0.1) is 5.92 Å². The van der Waals surface area contributed by atoms with Crippen molar-refractivity contribution in [1.29, 1.82) is 0 Å². The number of benzene rings is 2. The lowest BCUT2D eigenvalue weighted by Crippen LogP contribution is -2.30. The summed E-state index contributed by atoms with van der Waals surface area (Å²) in [4.78, 5) is 25.6. The molecule has 1 fully saturated rings. The first-order valence-corrected chi connectivity index (χ1v) is 7.75. The third-order valence-corrected chi connectivity index (χ3v) is 4.41. The van der Waals surface area contributed by atoms with Gasteiger partial charge >= 0.3 is 5.97 Å². The highest BCUT2D eigenvalue weighted by atomic mass is 35.5. The largest absolute Gasteiger partial charge is 0.481 e. The lowest BCUT2D eigenvalue weighted by atomic mass is 9.93. The van der Waals surface area contributed by atoms with Crippen molar-refractivity contribution in [2.75, 3.05) is 0 Å². The van der Waals surface area contributed by atoms with Crippen LogP contribution in [0.4, 0.5) is 0 Å². The SMILES string of the molecule is O=C(O)[C@@H]1CC(=O)N(Cc2ccccc2)[C@H]1c1ccc(Cl)cc1.